The van der Waals surface area contributed by atoms with Gasteiger partial charge in [0.2, 0.25) is 11.8 Å². The van der Waals surface area contributed by atoms with Gasteiger partial charge in [-0.25, -0.2) is 0 Å². The number of carbonyl (C=O) groups is 2. The van der Waals surface area contributed by atoms with Crippen LogP contribution in [0, 0.1) is 13.8 Å². The molecule has 1 fully saturated rings. The molecule has 1 aliphatic heterocycles. The van der Waals surface area contributed by atoms with Gasteiger partial charge in [-0.15, -0.1) is 0 Å². The molecule has 1 aliphatic rings. The van der Waals surface area contributed by atoms with Crippen LogP contribution in [0.4, 0.5) is 5.69 Å². The molecule has 2 amide bonds. The number of aryl methyl sites for hydroxylation is 2. The fourth-order valence-electron chi connectivity index (χ4n) is 2.82. The van der Waals surface area contributed by atoms with Crippen molar-refractivity contribution in [1.82, 2.24) is 5.32 Å². The van der Waals surface area contributed by atoms with Crippen molar-refractivity contribution < 1.29 is 9.59 Å². The first-order valence-corrected chi connectivity index (χ1v) is 9.77. The molecule has 0 unspecified atom stereocenters. The van der Waals surface area contributed by atoms with Crippen molar-refractivity contribution in [1.29, 1.82) is 0 Å². The molecule has 1 heterocycles. The van der Waals surface area contributed by atoms with Gasteiger partial charge >= 0.3 is 0 Å². The second-order valence-corrected chi connectivity index (χ2v) is 7.88. The van der Waals surface area contributed by atoms with Crippen LogP contribution in [-0.4, -0.2) is 22.2 Å². The standard InChI is InChI=1S/C21H23N3O2S/c1-13-9-10-14(2)17(11-13)23-19(25)12-18-20(26)24-21(27-18)22-15(3)16-7-5-4-6-8-16/h4-11,15,18H,12H2,1-3H3,(H,23,25)(H,22,24,26)/t15-,18+/m1/s1. The molecule has 2 aromatic rings. The van der Waals surface area contributed by atoms with Crippen LogP contribution in [-0.2, 0) is 9.59 Å². The summed E-state index contributed by atoms with van der Waals surface area (Å²) in [7, 11) is 0. The molecule has 0 saturated carbocycles. The number of amides is 2. The number of hydrogen-bond donors (Lipinski definition) is 2. The molecular weight excluding hydrogens is 358 g/mol. The van der Waals surface area contributed by atoms with Crippen LogP contribution in [0.2, 0.25) is 0 Å². The second-order valence-electron chi connectivity index (χ2n) is 6.69. The van der Waals surface area contributed by atoms with Crippen molar-refractivity contribution in [3.8, 4) is 0 Å². The van der Waals surface area contributed by atoms with Gasteiger partial charge in [0, 0.05) is 12.1 Å². The summed E-state index contributed by atoms with van der Waals surface area (Å²) in [6, 6.07) is 15.7. The molecule has 2 aromatic carbocycles. The summed E-state index contributed by atoms with van der Waals surface area (Å²) >= 11 is 1.32. The Labute approximate surface area is 163 Å². The molecule has 6 heteroatoms. The highest BCUT2D eigenvalue weighted by molar-refractivity contribution is 8.15. The number of anilines is 1. The minimum Gasteiger partial charge on any atom is -0.326 e. The van der Waals surface area contributed by atoms with Crippen molar-refractivity contribution in [3.05, 3.63) is 65.2 Å². The smallest absolute Gasteiger partial charge is 0.240 e. The quantitative estimate of drug-likeness (QED) is 0.823. The molecule has 27 heavy (non-hydrogen) atoms. The largest absolute Gasteiger partial charge is 0.326 e. The highest BCUT2D eigenvalue weighted by Gasteiger charge is 2.32. The summed E-state index contributed by atoms with van der Waals surface area (Å²) in [6.45, 7) is 5.91. The molecule has 0 bridgehead atoms. The number of rotatable bonds is 5. The van der Waals surface area contributed by atoms with Crippen molar-refractivity contribution in [2.45, 2.75) is 38.5 Å². The van der Waals surface area contributed by atoms with Gasteiger partial charge < -0.3 is 10.6 Å². The third-order valence-electron chi connectivity index (χ3n) is 4.41. The lowest BCUT2D eigenvalue weighted by Gasteiger charge is -2.10. The summed E-state index contributed by atoms with van der Waals surface area (Å²) in [5, 5.41) is 5.81. The summed E-state index contributed by atoms with van der Waals surface area (Å²) < 4.78 is 0. The van der Waals surface area contributed by atoms with Crippen LogP contribution in [0.1, 0.15) is 36.1 Å². The zero-order valence-electron chi connectivity index (χ0n) is 15.7. The summed E-state index contributed by atoms with van der Waals surface area (Å²) in [5.41, 5.74) is 3.94. The van der Waals surface area contributed by atoms with Gasteiger partial charge in [-0.1, -0.05) is 54.2 Å². The van der Waals surface area contributed by atoms with E-state index in [0.717, 1.165) is 22.4 Å². The average molecular weight is 382 g/mol. The number of carbonyl (C=O) groups excluding carboxylic acids is 2. The van der Waals surface area contributed by atoms with E-state index in [-0.39, 0.29) is 24.3 Å². The fourth-order valence-corrected chi connectivity index (χ4v) is 3.87. The van der Waals surface area contributed by atoms with Crippen LogP contribution >= 0.6 is 11.8 Å². The summed E-state index contributed by atoms with van der Waals surface area (Å²) in [4.78, 5) is 29.2. The van der Waals surface area contributed by atoms with Gasteiger partial charge in [0.1, 0.15) is 5.25 Å². The summed E-state index contributed by atoms with van der Waals surface area (Å²) in [5.74, 6) is -0.344. The molecule has 0 radical (unpaired) electrons. The predicted molar refractivity (Wildman–Crippen MR) is 111 cm³/mol. The first kappa shape index (κ1) is 19.2. The van der Waals surface area contributed by atoms with E-state index < -0.39 is 5.25 Å². The molecule has 1 saturated heterocycles. The van der Waals surface area contributed by atoms with E-state index in [1.807, 2.05) is 69.3 Å². The molecule has 2 atom stereocenters. The molecule has 3 rings (SSSR count). The molecule has 2 N–H and O–H groups in total. The van der Waals surface area contributed by atoms with E-state index in [2.05, 4.69) is 15.6 Å². The number of nitrogens with zero attached hydrogens (tertiary/aromatic N) is 1. The van der Waals surface area contributed by atoms with Crippen LogP contribution in [0.15, 0.2) is 53.5 Å². The Morgan fingerprint density at radius 1 is 1.22 bits per heavy atom. The molecule has 0 spiro atoms. The number of nitrogens with one attached hydrogen (secondary N) is 2. The number of benzene rings is 2. The third kappa shape index (κ3) is 4.98. The molecule has 140 valence electrons. The SMILES string of the molecule is Cc1ccc(C)c(NC(=O)C[C@@H]2SC(=N[C@H](C)c3ccccc3)NC2=O)c1. The average Bonchev–Trinajstić information content (AvgIpc) is 2.97. The Bertz CT molecular complexity index is 880. The predicted octanol–water partition coefficient (Wildman–Crippen LogP) is 3.98. The topological polar surface area (TPSA) is 70.6 Å². The first-order chi connectivity index (χ1) is 12.9. The van der Waals surface area contributed by atoms with Crippen LogP contribution in [0.5, 0.6) is 0 Å². The Hall–Kier alpha value is -2.60. The van der Waals surface area contributed by atoms with Crippen LogP contribution in [0.3, 0.4) is 0 Å². The first-order valence-electron chi connectivity index (χ1n) is 8.90. The van der Waals surface area contributed by atoms with Gasteiger partial charge in [-0.2, -0.15) is 0 Å². The lowest BCUT2D eigenvalue weighted by molar-refractivity contribution is -0.122. The van der Waals surface area contributed by atoms with E-state index in [4.69, 9.17) is 0 Å². The Morgan fingerprint density at radius 2 is 1.96 bits per heavy atom. The number of hydrogen-bond acceptors (Lipinski definition) is 4. The maximum Gasteiger partial charge on any atom is 0.240 e. The lowest BCUT2D eigenvalue weighted by atomic mass is 10.1. The van der Waals surface area contributed by atoms with Crippen LogP contribution < -0.4 is 10.6 Å². The van der Waals surface area contributed by atoms with Gasteiger partial charge in [-0.3, -0.25) is 14.6 Å². The van der Waals surface area contributed by atoms with Gasteiger partial charge in [-0.05, 0) is 43.5 Å². The Kier molecular flexibility index (Phi) is 5.96. The maximum absolute atomic E-state index is 12.4. The normalized spacial score (nSPS) is 19.0. The zero-order valence-corrected chi connectivity index (χ0v) is 16.5. The van der Waals surface area contributed by atoms with Crippen molar-refractivity contribution in [2.24, 2.45) is 4.99 Å². The van der Waals surface area contributed by atoms with Crippen molar-refractivity contribution >= 4 is 34.4 Å². The third-order valence-corrected chi connectivity index (χ3v) is 5.50. The summed E-state index contributed by atoms with van der Waals surface area (Å²) in [6.07, 6.45) is 0.114. The monoisotopic (exact) mass is 381 g/mol. The van der Waals surface area contributed by atoms with E-state index in [1.165, 1.54) is 11.8 Å². The van der Waals surface area contributed by atoms with E-state index in [9.17, 15) is 9.59 Å². The lowest BCUT2D eigenvalue weighted by Crippen LogP contribution is -2.28. The molecular formula is C21H23N3O2S. The maximum atomic E-state index is 12.4. The van der Waals surface area contributed by atoms with Crippen LogP contribution in [0.25, 0.3) is 0 Å². The van der Waals surface area contributed by atoms with Crippen molar-refractivity contribution in [2.75, 3.05) is 5.32 Å². The minimum atomic E-state index is -0.461. The molecule has 0 aliphatic carbocycles. The minimum absolute atomic E-state index is 0.0588. The number of aliphatic imine (C=N–C) groups is 1. The van der Waals surface area contributed by atoms with Gasteiger partial charge in [0.15, 0.2) is 5.17 Å². The fraction of sp³-hybridized carbons (Fsp3) is 0.286. The van der Waals surface area contributed by atoms with E-state index in [0.29, 0.717) is 5.17 Å². The number of amidine groups is 1. The van der Waals surface area contributed by atoms with Gasteiger partial charge in [0.05, 0.1) is 6.04 Å². The molecule has 0 aromatic heterocycles. The zero-order chi connectivity index (χ0) is 19.4. The van der Waals surface area contributed by atoms with E-state index in [1.54, 1.807) is 0 Å². The second kappa shape index (κ2) is 8.39. The Balaban J connectivity index is 1.61. The highest BCUT2D eigenvalue weighted by atomic mass is 32.2. The molecule has 5 nitrogen and oxygen atoms in total. The Morgan fingerprint density at radius 3 is 2.70 bits per heavy atom. The number of thioether (sulfide) groups is 1. The highest BCUT2D eigenvalue weighted by Crippen LogP contribution is 2.26. The van der Waals surface area contributed by atoms with Crippen molar-refractivity contribution in [3.63, 3.8) is 0 Å². The van der Waals surface area contributed by atoms with E-state index >= 15 is 0 Å². The van der Waals surface area contributed by atoms with Gasteiger partial charge in [0.25, 0.3) is 0 Å².